The van der Waals surface area contributed by atoms with Crippen LogP contribution in [0.15, 0.2) is 72.0 Å². The smallest absolute Gasteiger partial charge is 0.231 e. The topological polar surface area (TPSA) is 64.0 Å². The Morgan fingerprint density at radius 3 is 2.40 bits per heavy atom. The minimum absolute atomic E-state index is 0.0388. The second-order valence-electron chi connectivity index (χ2n) is 7.60. The number of benzene rings is 2. The first-order valence-corrected chi connectivity index (χ1v) is 11.2. The number of imidazole rings is 1. The number of nitrogens with one attached hydrogen (secondary N) is 1. The van der Waals surface area contributed by atoms with Crippen molar-refractivity contribution in [1.29, 1.82) is 0 Å². The molecule has 1 unspecified atom stereocenters. The molecule has 3 aromatic rings. The molecule has 4 rings (SSSR count). The molecule has 154 valence electrons. The number of Topliss-reactive ketones (excluding diaryl/α,β-unsaturated/α-hetero) is 1. The third-order valence-electron chi connectivity index (χ3n) is 5.19. The van der Waals surface area contributed by atoms with Crippen molar-refractivity contribution in [3.63, 3.8) is 0 Å². The van der Waals surface area contributed by atoms with Crippen LogP contribution in [0.2, 0.25) is 0 Å². The maximum atomic E-state index is 12.6. The molecule has 1 fully saturated rings. The number of ketones is 1. The van der Waals surface area contributed by atoms with Crippen LogP contribution in [-0.4, -0.2) is 33.0 Å². The summed E-state index contributed by atoms with van der Waals surface area (Å²) in [5.41, 5.74) is 3.25. The first-order chi connectivity index (χ1) is 14.6. The van der Waals surface area contributed by atoms with E-state index in [2.05, 4.69) is 27.0 Å². The van der Waals surface area contributed by atoms with Gasteiger partial charge in [0.25, 0.3) is 0 Å². The lowest BCUT2D eigenvalue weighted by Crippen LogP contribution is -2.42. The van der Waals surface area contributed by atoms with Gasteiger partial charge in [-0.05, 0) is 37.3 Å². The zero-order chi connectivity index (χ0) is 20.9. The van der Waals surface area contributed by atoms with Crippen LogP contribution in [0.25, 0.3) is 11.3 Å². The summed E-state index contributed by atoms with van der Waals surface area (Å²) in [5.74, 6) is 0.0436. The molecular formula is C24H25N3O2S. The van der Waals surface area contributed by atoms with Gasteiger partial charge < -0.3 is 9.88 Å². The molecule has 2 aromatic carbocycles. The predicted octanol–water partition coefficient (Wildman–Crippen LogP) is 4.29. The molecule has 0 saturated heterocycles. The van der Waals surface area contributed by atoms with Crippen LogP contribution < -0.4 is 5.32 Å². The fourth-order valence-electron chi connectivity index (χ4n) is 3.47. The monoisotopic (exact) mass is 419 g/mol. The number of thioether (sulfide) groups is 1. The van der Waals surface area contributed by atoms with Crippen molar-refractivity contribution in [2.24, 2.45) is 0 Å². The van der Waals surface area contributed by atoms with E-state index < -0.39 is 6.04 Å². The van der Waals surface area contributed by atoms with Gasteiger partial charge in [0.05, 0.1) is 23.7 Å². The Kier molecular flexibility index (Phi) is 6.33. The zero-order valence-corrected chi connectivity index (χ0v) is 17.8. The van der Waals surface area contributed by atoms with Crippen LogP contribution in [-0.2, 0) is 16.0 Å². The van der Waals surface area contributed by atoms with Crippen molar-refractivity contribution >= 4 is 23.5 Å². The average molecular weight is 420 g/mol. The van der Waals surface area contributed by atoms with Crippen LogP contribution in [0.1, 0.15) is 31.4 Å². The highest BCUT2D eigenvalue weighted by atomic mass is 32.2. The minimum Gasteiger partial charge on any atom is -0.345 e. The van der Waals surface area contributed by atoms with E-state index in [0.29, 0.717) is 12.5 Å². The minimum atomic E-state index is -0.511. The number of amides is 1. The van der Waals surface area contributed by atoms with Crippen LogP contribution in [0.5, 0.6) is 0 Å². The third-order valence-corrected chi connectivity index (χ3v) is 6.15. The Hall–Kier alpha value is -2.86. The quantitative estimate of drug-likeness (QED) is 0.526. The summed E-state index contributed by atoms with van der Waals surface area (Å²) >= 11 is 1.43. The molecule has 30 heavy (non-hydrogen) atoms. The summed E-state index contributed by atoms with van der Waals surface area (Å²) in [6.07, 6.45) is 4.67. The lowest BCUT2D eigenvalue weighted by atomic mass is 10.0. The molecule has 1 amide bonds. The van der Waals surface area contributed by atoms with E-state index in [1.807, 2.05) is 54.7 Å². The number of hydrogen-bond acceptors (Lipinski definition) is 4. The van der Waals surface area contributed by atoms with Crippen molar-refractivity contribution in [1.82, 2.24) is 14.9 Å². The molecular weight excluding hydrogens is 394 g/mol. The van der Waals surface area contributed by atoms with Crippen molar-refractivity contribution in [2.75, 3.05) is 5.75 Å². The Balaban J connectivity index is 1.41. The number of nitrogens with zero attached hydrogens (tertiary/aromatic N) is 2. The number of aromatic nitrogens is 2. The molecule has 0 aliphatic heterocycles. The zero-order valence-electron chi connectivity index (χ0n) is 17.0. The van der Waals surface area contributed by atoms with E-state index >= 15 is 0 Å². The van der Waals surface area contributed by atoms with Crippen molar-refractivity contribution in [3.05, 3.63) is 72.4 Å². The fraction of sp³-hybridized carbons (Fsp3) is 0.292. The number of hydrogen-bond donors (Lipinski definition) is 1. The van der Waals surface area contributed by atoms with Gasteiger partial charge in [0.2, 0.25) is 5.91 Å². The largest absolute Gasteiger partial charge is 0.345 e. The molecule has 0 spiro atoms. The molecule has 1 aromatic heterocycles. The second-order valence-corrected chi connectivity index (χ2v) is 8.54. The summed E-state index contributed by atoms with van der Waals surface area (Å²) in [7, 11) is 0. The molecule has 1 aliphatic carbocycles. The second kappa shape index (κ2) is 9.30. The third kappa shape index (κ3) is 5.00. The highest BCUT2D eigenvalue weighted by Gasteiger charge is 2.29. The maximum absolute atomic E-state index is 12.6. The van der Waals surface area contributed by atoms with E-state index in [4.69, 9.17) is 0 Å². The Bertz CT molecular complexity index is 1010. The van der Waals surface area contributed by atoms with Crippen LogP contribution in [0, 0.1) is 0 Å². The SMILES string of the molecule is CC(=O)C(Cc1ccccc1)NC(=O)CSc1ncc(-c2ccccc2)n1C1CC1. The van der Waals surface area contributed by atoms with Gasteiger partial charge in [-0.25, -0.2) is 4.98 Å². The van der Waals surface area contributed by atoms with Crippen LogP contribution in [0.3, 0.4) is 0 Å². The summed E-state index contributed by atoms with van der Waals surface area (Å²) in [6, 6.07) is 19.9. The van der Waals surface area contributed by atoms with Gasteiger partial charge in [0.1, 0.15) is 0 Å². The maximum Gasteiger partial charge on any atom is 0.231 e. The highest BCUT2D eigenvalue weighted by Crippen LogP contribution is 2.41. The van der Waals surface area contributed by atoms with Gasteiger partial charge in [0.15, 0.2) is 10.9 Å². The van der Waals surface area contributed by atoms with Gasteiger partial charge in [-0.15, -0.1) is 0 Å². The number of carbonyl (C=O) groups is 2. The fourth-order valence-corrected chi connectivity index (χ4v) is 4.33. The van der Waals surface area contributed by atoms with Crippen molar-refractivity contribution < 1.29 is 9.59 Å². The number of rotatable bonds is 9. The molecule has 1 saturated carbocycles. The molecule has 6 heteroatoms. The predicted molar refractivity (Wildman–Crippen MR) is 119 cm³/mol. The molecule has 1 aliphatic rings. The standard InChI is InChI=1S/C24H25N3O2S/c1-17(28)21(14-18-8-4-2-5-9-18)26-23(29)16-30-24-25-15-22(27(24)20-12-13-20)19-10-6-3-7-11-19/h2-11,15,20-21H,12-14,16H2,1H3,(H,26,29). The van der Waals surface area contributed by atoms with E-state index in [1.54, 1.807) is 0 Å². The van der Waals surface area contributed by atoms with E-state index in [9.17, 15) is 9.59 Å². The Morgan fingerprint density at radius 2 is 1.77 bits per heavy atom. The van der Waals surface area contributed by atoms with Crippen LogP contribution in [0.4, 0.5) is 0 Å². The van der Waals surface area contributed by atoms with Crippen molar-refractivity contribution in [3.8, 4) is 11.3 Å². The van der Waals surface area contributed by atoms with Gasteiger partial charge in [-0.2, -0.15) is 0 Å². The lowest BCUT2D eigenvalue weighted by molar-refractivity contribution is -0.125. The molecule has 0 radical (unpaired) electrons. The molecule has 1 N–H and O–H groups in total. The van der Waals surface area contributed by atoms with Gasteiger partial charge in [0, 0.05) is 6.04 Å². The molecule has 5 nitrogen and oxygen atoms in total. The van der Waals surface area contributed by atoms with Crippen LogP contribution >= 0.6 is 11.8 Å². The van der Waals surface area contributed by atoms with E-state index in [1.165, 1.54) is 18.7 Å². The molecule has 1 heterocycles. The number of carbonyl (C=O) groups excluding carboxylic acids is 2. The van der Waals surface area contributed by atoms with E-state index in [0.717, 1.165) is 34.8 Å². The van der Waals surface area contributed by atoms with Gasteiger partial charge in [-0.3, -0.25) is 9.59 Å². The Morgan fingerprint density at radius 1 is 1.10 bits per heavy atom. The summed E-state index contributed by atoms with van der Waals surface area (Å²) in [5, 5.41) is 3.75. The first-order valence-electron chi connectivity index (χ1n) is 10.2. The summed E-state index contributed by atoms with van der Waals surface area (Å²) in [4.78, 5) is 29.2. The van der Waals surface area contributed by atoms with Gasteiger partial charge >= 0.3 is 0 Å². The Labute approximate surface area is 180 Å². The van der Waals surface area contributed by atoms with E-state index in [-0.39, 0.29) is 17.4 Å². The summed E-state index contributed by atoms with van der Waals surface area (Å²) < 4.78 is 2.25. The lowest BCUT2D eigenvalue weighted by Gasteiger charge is -2.16. The highest BCUT2D eigenvalue weighted by molar-refractivity contribution is 7.99. The molecule has 1 atom stereocenters. The average Bonchev–Trinajstić information content (AvgIpc) is 3.52. The van der Waals surface area contributed by atoms with Gasteiger partial charge in [-0.1, -0.05) is 72.4 Å². The normalized spacial score (nSPS) is 14.3. The summed E-state index contributed by atoms with van der Waals surface area (Å²) in [6.45, 7) is 1.52. The first kappa shape index (κ1) is 20.4. The molecule has 0 bridgehead atoms. The van der Waals surface area contributed by atoms with Crippen molar-refractivity contribution in [2.45, 2.75) is 43.4 Å².